The van der Waals surface area contributed by atoms with Crippen molar-refractivity contribution in [2.24, 2.45) is 0 Å². The molecule has 1 atom stereocenters. The van der Waals surface area contributed by atoms with Crippen LogP contribution in [0.15, 0.2) is 22.7 Å². The van der Waals surface area contributed by atoms with E-state index in [0.29, 0.717) is 17.3 Å². The zero-order chi connectivity index (χ0) is 14.0. The van der Waals surface area contributed by atoms with Crippen LogP contribution in [-0.2, 0) is 0 Å². The molecule has 0 radical (unpaired) electrons. The number of rotatable bonds is 3. The van der Waals surface area contributed by atoms with E-state index in [1.54, 1.807) is 32.9 Å². The average Bonchev–Trinajstić information content (AvgIpc) is 2.79. The van der Waals surface area contributed by atoms with Gasteiger partial charge in [0.2, 0.25) is 5.89 Å². The Morgan fingerprint density at radius 2 is 2.16 bits per heavy atom. The van der Waals surface area contributed by atoms with E-state index >= 15 is 0 Å². The Morgan fingerprint density at radius 3 is 2.74 bits per heavy atom. The number of hydrogen-bond acceptors (Lipinski definition) is 4. The summed E-state index contributed by atoms with van der Waals surface area (Å²) in [5.74, 6) is 0.0205. The van der Waals surface area contributed by atoms with Gasteiger partial charge in [-0.25, -0.2) is 4.39 Å². The van der Waals surface area contributed by atoms with Crippen LogP contribution in [0.4, 0.5) is 4.39 Å². The molecule has 1 heterocycles. The maximum Gasteiger partial charge on any atom is 0.252 e. The maximum absolute atomic E-state index is 13.4. The van der Waals surface area contributed by atoms with Crippen molar-refractivity contribution in [1.29, 1.82) is 0 Å². The SMILES string of the molecule is Cc1noc(C(C)NC(=O)c2ccc(C)c(F)c2)n1. The predicted octanol–water partition coefficient (Wildman–Crippen LogP) is 2.32. The van der Waals surface area contributed by atoms with Gasteiger partial charge in [0.05, 0.1) is 0 Å². The van der Waals surface area contributed by atoms with Gasteiger partial charge in [-0.15, -0.1) is 0 Å². The molecule has 1 aromatic heterocycles. The van der Waals surface area contributed by atoms with E-state index in [4.69, 9.17) is 4.52 Å². The standard InChI is InChI=1S/C13H14FN3O2/c1-7-4-5-10(6-11(7)14)12(18)15-8(2)13-16-9(3)17-19-13/h4-6,8H,1-3H3,(H,15,18). The van der Waals surface area contributed by atoms with Crippen LogP contribution in [0.3, 0.4) is 0 Å². The van der Waals surface area contributed by atoms with Gasteiger partial charge in [-0.05, 0) is 38.5 Å². The van der Waals surface area contributed by atoms with E-state index in [9.17, 15) is 9.18 Å². The zero-order valence-electron chi connectivity index (χ0n) is 10.9. The van der Waals surface area contributed by atoms with Crippen LogP contribution in [0.5, 0.6) is 0 Å². The fourth-order valence-electron chi connectivity index (χ4n) is 1.56. The van der Waals surface area contributed by atoms with E-state index in [1.165, 1.54) is 6.07 Å². The lowest BCUT2D eigenvalue weighted by atomic mass is 10.1. The van der Waals surface area contributed by atoms with Gasteiger partial charge in [0.1, 0.15) is 11.9 Å². The Morgan fingerprint density at radius 1 is 1.42 bits per heavy atom. The topological polar surface area (TPSA) is 68.0 Å². The second-order valence-corrected chi connectivity index (χ2v) is 4.34. The highest BCUT2D eigenvalue weighted by molar-refractivity contribution is 5.94. The summed E-state index contributed by atoms with van der Waals surface area (Å²) in [5.41, 5.74) is 0.753. The number of aryl methyl sites for hydroxylation is 2. The number of aromatic nitrogens is 2. The molecule has 5 nitrogen and oxygen atoms in total. The quantitative estimate of drug-likeness (QED) is 0.922. The first-order chi connectivity index (χ1) is 8.97. The Kier molecular flexibility index (Phi) is 3.59. The van der Waals surface area contributed by atoms with Gasteiger partial charge >= 0.3 is 0 Å². The van der Waals surface area contributed by atoms with E-state index in [1.807, 2.05) is 0 Å². The Balaban J connectivity index is 2.10. The summed E-state index contributed by atoms with van der Waals surface area (Å²) >= 11 is 0. The second-order valence-electron chi connectivity index (χ2n) is 4.34. The minimum Gasteiger partial charge on any atom is -0.341 e. The number of carbonyl (C=O) groups is 1. The first-order valence-corrected chi connectivity index (χ1v) is 5.84. The fourth-order valence-corrected chi connectivity index (χ4v) is 1.56. The molecule has 19 heavy (non-hydrogen) atoms. The smallest absolute Gasteiger partial charge is 0.252 e. The predicted molar refractivity (Wildman–Crippen MR) is 66.1 cm³/mol. The van der Waals surface area contributed by atoms with Crippen molar-refractivity contribution in [2.45, 2.75) is 26.8 Å². The molecular weight excluding hydrogens is 249 g/mol. The molecule has 0 spiro atoms. The van der Waals surface area contributed by atoms with E-state index < -0.39 is 11.9 Å². The minimum absolute atomic E-state index is 0.256. The average molecular weight is 263 g/mol. The monoisotopic (exact) mass is 263 g/mol. The Labute approximate surface area is 109 Å². The van der Waals surface area contributed by atoms with Crippen molar-refractivity contribution in [3.8, 4) is 0 Å². The molecule has 0 saturated carbocycles. The summed E-state index contributed by atoms with van der Waals surface area (Å²) in [6.45, 7) is 5.05. The molecule has 0 saturated heterocycles. The van der Waals surface area contributed by atoms with Gasteiger partial charge in [-0.2, -0.15) is 4.98 Å². The molecule has 6 heteroatoms. The van der Waals surface area contributed by atoms with Gasteiger partial charge in [0.25, 0.3) is 5.91 Å². The van der Waals surface area contributed by atoms with Gasteiger partial charge in [-0.3, -0.25) is 4.79 Å². The first kappa shape index (κ1) is 13.2. The van der Waals surface area contributed by atoms with E-state index in [2.05, 4.69) is 15.5 Å². The van der Waals surface area contributed by atoms with Crippen LogP contribution >= 0.6 is 0 Å². The first-order valence-electron chi connectivity index (χ1n) is 5.84. The fraction of sp³-hybridized carbons (Fsp3) is 0.308. The molecule has 1 amide bonds. The highest BCUT2D eigenvalue weighted by Gasteiger charge is 2.17. The third-order valence-electron chi connectivity index (χ3n) is 2.70. The molecule has 0 bridgehead atoms. The number of hydrogen-bond donors (Lipinski definition) is 1. The van der Waals surface area contributed by atoms with Crippen LogP contribution in [0.2, 0.25) is 0 Å². The molecule has 1 aromatic carbocycles. The molecular formula is C13H14FN3O2. The lowest BCUT2D eigenvalue weighted by Crippen LogP contribution is -2.27. The number of carbonyl (C=O) groups excluding carboxylic acids is 1. The highest BCUT2D eigenvalue weighted by atomic mass is 19.1. The molecule has 0 fully saturated rings. The third-order valence-corrected chi connectivity index (χ3v) is 2.70. The van der Waals surface area contributed by atoms with Crippen LogP contribution in [0.25, 0.3) is 0 Å². The van der Waals surface area contributed by atoms with E-state index in [0.717, 1.165) is 0 Å². The van der Waals surface area contributed by atoms with E-state index in [-0.39, 0.29) is 11.5 Å². The summed E-state index contributed by atoms with van der Waals surface area (Å²) in [6.07, 6.45) is 0. The lowest BCUT2D eigenvalue weighted by molar-refractivity contribution is 0.0932. The Bertz CT molecular complexity index is 610. The number of nitrogens with one attached hydrogen (secondary N) is 1. The van der Waals surface area contributed by atoms with Crippen molar-refractivity contribution < 1.29 is 13.7 Å². The minimum atomic E-state index is -0.432. The summed E-state index contributed by atoms with van der Waals surface area (Å²) in [5, 5.41) is 6.32. The lowest BCUT2D eigenvalue weighted by Gasteiger charge is -2.10. The van der Waals surface area contributed by atoms with Crippen molar-refractivity contribution in [3.05, 3.63) is 46.9 Å². The summed E-state index contributed by atoms with van der Waals surface area (Å²) < 4.78 is 18.3. The van der Waals surface area contributed by atoms with Crippen molar-refractivity contribution in [3.63, 3.8) is 0 Å². The van der Waals surface area contributed by atoms with Crippen molar-refractivity contribution in [1.82, 2.24) is 15.5 Å². The summed E-state index contributed by atoms with van der Waals surface area (Å²) in [7, 11) is 0. The number of benzene rings is 1. The summed E-state index contributed by atoms with van der Waals surface area (Å²) in [6, 6.07) is 3.90. The number of halogens is 1. The van der Waals surface area contributed by atoms with Crippen molar-refractivity contribution >= 4 is 5.91 Å². The van der Waals surface area contributed by atoms with Crippen molar-refractivity contribution in [2.75, 3.05) is 0 Å². The molecule has 1 unspecified atom stereocenters. The largest absolute Gasteiger partial charge is 0.341 e. The van der Waals surface area contributed by atoms with Crippen LogP contribution in [0.1, 0.15) is 40.6 Å². The second kappa shape index (κ2) is 5.17. The van der Waals surface area contributed by atoms with Gasteiger partial charge < -0.3 is 9.84 Å². The molecule has 1 N–H and O–H groups in total. The van der Waals surface area contributed by atoms with Crippen LogP contribution in [0, 0.1) is 19.7 Å². The van der Waals surface area contributed by atoms with Gasteiger partial charge in [0, 0.05) is 5.56 Å². The highest BCUT2D eigenvalue weighted by Crippen LogP contribution is 2.13. The normalized spacial score (nSPS) is 12.2. The Hall–Kier alpha value is -2.24. The summed E-state index contributed by atoms with van der Waals surface area (Å²) in [4.78, 5) is 16.0. The molecule has 0 aliphatic heterocycles. The maximum atomic E-state index is 13.4. The zero-order valence-corrected chi connectivity index (χ0v) is 10.9. The molecule has 0 aliphatic carbocycles. The molecule has 0 aliphatic rings. The molecule has 2 aromatic rings. The number of amides is 1. The van der Waals surface area contributed by atoms with Gasteiger partial charge in [-0.1, -0.05) is 11.2 Å². The van der Waals surface area contributed by atoms with Crippen LogP contribution in [-0.4, -0.2) is 16.0 Å². The third kappa shape index (κ3) is 2.96. The van der Waals surface area contributed by atoms with Gasteiger partial charge in [0.15, 0.2) is 5.82 Å². The molecule has 2 rings (SSSR count). The molecule has 100 valence electrons. The van der Waals surface area contributed by atoms with Crippen LogP contribution < -0.4 is 5.32 Å². The number of nitrogens with zero attached hydrogens (tertiary/aromatic N) is 2.